The van der Waals surface area contributed by atoms with Crippen LogP contribution in [0.15, 0.2) is 48.5 Å². The molecule has 0 saturated heterocycles. The fraction of sp³-hybridized carbons (Fsp3) is 0.250. The summed E-state index contributed by atoms with van der Waals surface area (Å²) in [5.74, 6) is -0.0772. The maximum atomic E-state index is 12.7. The van der Waals surface area contributed by atoms with Gasteiger partial charge in [0, 0.05) is 13.1 Å². The monoisotopic (exact) mass is 382 g/mol. The van der Waals surface area contributed by atoms with Crippen molar-refractivity contribution in [2.45, 2.75) is 18.7 Å². The minimum Gasteiger partial charge on any atom is -0.269 e. The third-order valence-corrected chi connectivity index (χ3v) is 6.31. The van der Waals surface area contributed by atoms with Crippen LogP contribution in [0.3, 0.4) is 0 Å². The van der Waals surface area contributed by atoms with Crippen molar-refractivity contribution in [2.75, 3.05) is 11.3 Å². The van der Waals surface area contributed by atoms with Crippen LogP contribution in [0.25, 0.3) is 0 Å². The van der Waals surface area contributed by atoms with Crippen molar-refractivity contribution in [3.63, 3.8) is 0 Å². The van der Waals surface area contributed by atoms with Crippen LogP contribution < -0.4 is 4.72 Å². The summed E-state index contributed by atoms with van der Waals surface area (Å²) in [4.78, 5) is 0. The van der Waals surface area contributed by atoms with Crippen LogP contribution in [0.1, 0.15) is 16.7 Å². The molecule has 1 aliphatic rings. The van der Waals surface area contributed by atoms with Crippen LogP contribution >= 0.6 is 0 Å². The second kappa shape index (κ2) is 6.75. The maximum Gasteiger partial charge on any atom is 0.357 e. The van der Waals surface area contributed by atoms with Crippen molar-refractivity contribution in [3.05, 3.63) is 65.2 Å². The van der Waals surface area contributed by atoms with Gasteiger partial charge in [0.1, 0.15) is 0 Å². The van der Waals surface area contributed by atoms with Crippen molar-refractivity contribution < 1.29 is 21.4 Å². The van der Waals surface area contributed by atoms with Gasteiger partial charge < -0.3 is 0 Å². The predicted molar refractivity (Wildman–Crippen MR) is 94.8 cm³/mol. The molecule has 0 unspecified atom stereocenters. The third kappa shape index (κ3) is 4.57. The van der Waals surface area contributed by atoms with Crippen LogP contribution in [0.4, 0.5) is 5.69 Å². The van der Waals surface area contributed by atoms with E-state index in [0.717, 1.165) is 16.7 Å². The summed E-state index contributed by atoms with van der Waals surface area (Å²) in [6.45, 7) is 0.554. The molecule has 25 heavy (non-hydrogen) atoms. The Kier molecular flexibility index (Phi) is 4.83. The summed E-state index contributed by atoms with van der Waals surface area (Å²) < 4.78 is 59.4. The van der Waals surface area contributed by atoms with E-state index in [9.17, 15) is 16.8 Å². The number of hydrogen-bond acceptors (Lipinski definition) is 4. The smallest absolute Gasteiger partial charge is 0.269 e. The zero-order valence-corrected chi connectivity index (χ0v) is 14.9. The first kappa shape index (κ1) is 17.9. The van der Waals surface area contributed by atoms with Gasteiger partial charge in [0.25, 0.3) is 0 Å². The number of nitrogens with one attached hydrogen (secondary N) is 1. The molecule has 0 saturated carbocycles. The molecule has 0 atom stereocenters. The van der Waals surface area contributed by atoms with Crippen molar-refractivity contribution >= 4 is 26.0 Å². The first-order valence-electron chi connectivity index (χ1n) is 7.62. The molecule has 9 heteroatoms. The van der Waals surface area contributed by atoms with Crippen LogP contribution in [0, 0.1) is 0 Å². The van der Waals surface area contributed by atoms with E-state index < -0.39 is 20.3 Å². The number of hydrogen-bond donors (Lipinski definition) is 2. The van der Waals surface area contributed by atoms with Gasteiger partial charge in [-0.15, -0.1) is 0 Å². The lowest BCUT2D eigenvalue weighted by Crippen LogP contribution is -2.36. The number of benzene rings is 2. The lowest BCUT2D eigenvalue weighted by molar-refractivity contribution is 0.391. The molecule has 0 fully saturated rings. The average Bonchev–Trinajstić information content (AvgIpc) is 2.53. The lowest BCUT2D eigenvalue weighted by Gasteiger charge is -2.28. The molecule has 1 heterocycles. The van der Waals surface area contributed by atoms with Gasteiger partial charge in [0.15, 0.2) is 0 Å². The summed E-state index contributed by atoms with van der Waals surface area (Å²) in [6, 6.07) is 13.8. The van der Waals surface area contributed by atoms with Crippen molar-refractivity contribution in [1.29, 1.82) is 0 Å². The van der Waals surface area contributed by atoms with E-state index in [0.29, 0.717) is 13.0 Å². The van der Waals surface area contributed by atoms with E-state index in [1.807, 2.05) is 10.8 Å². The largest absolute Gasteiger partial charge is 0.357 e. The summed E-state index contributed by atoms with van der Waals surface area (Å²) in [6.07, 6.45) is 0.551. The average molecular weight is 382 g/mol. The second-order valence-electron chi connectivity index (χ2n) is 5.89. The van der Waals surface area contributed by atoms with Gasteiger partial charge in [-0.2, -0.15) is 12.7 Å². The van der Waals surface area contributed by atoms with Gasteiger partial charge in [-0.25, -0.2) is 8.42 Å². The number of sulfonamides is 1. The Morgan fingerprint density at radius 3 is 2.40 bits per heavy atom. The predicted octanol–water partition coefficient (Wildman–Crippen LogP) is 1.79. The van der Waals surface area contributed by atoms with E-state index in [1.165, 1.54) is 4.31 Å². The standard InChI is InChI=1S/C16H18N2O5S2/c19-24(20,12-13-4-2-1-3-5-13)18-9-8-14-6-7-16(10-15(14)11-18)17-25(21,22)23/h1-7,10,17H,8-9,11-12H2,(H,21,22,23). The molecular weight excluding hydrogens is 364 g/mol. The second-order valence-corrected chi connectivity index (χ2v) is 9.01. The molecule has 0 amide bonds. The third-order valence-electron chi connectivity index (χ3n) is 4.02. The van der Waals surface area contributed by atoms with Gasteiger partial charge >= 0.3 is 10.3 Å². The Bertz CT molecular complexity index is 973. The number of rotatable bonds is 5. The van der Waals surface area contributed by atoms with Gasteiger partial charge in [-0.1, -0.05) is 36.4 Å². The Morgan fingerprint density at radius 1 is 1.00 bits per heavy atom. The quantitative estimate of drug-likeness (QED) is 0.768. The van der Waals surface area contributed by atoms with Gasteiger partial charge in [0.2, 0.25) is 10.0 Å². The van der Waals surface area contributed by atoms with E-state index in [1.54, 1.807) is 42.5 Å². The van der Waals surface area contributed by atoms with E-state index in [4.69, 9.17) is 4.55 Å². The van der Waals surface area contributed by atoms with E-state index in [2.05, 4.69) is 0 Å². The Hall–Kier alpha value is -1.94. The van der Waals surface area contributed by atoms with Gasteiger partial charge in [-0.05, 0) is 35.2 Å². The summed E-state index contributed by atoms with van der Waals surface area (Å²) in [5, 5.41) is 0. The van der Waals surface area contributed by atoms with Crippen LogP contribution in [-0.4, -0.2) is 32.2 Å². The van der Waals surface area contributed by atoms with Gasteiger partial charge in [0.05, 0.1) is 11.4 Å². The molecule has 134 valence electrons. The molecule has 0 aromatic heterocycles. The fourth-order valence-electron chi connectivity index (χ4n) is 2.86. The molecule has 2 aromatic carbocycles. The summed E-state index contributed by atoms with van der Waals surface area (Å²) in [7, 11) is -7.85. The zero-order chi connectivity index (χ0) is 18.1. The molecule has 1 aliphatic heterocycles. The normalized spacial score (nSPS) is 15.6. The molecular formula is C16H18N2O5S2. The Labute approximate surface area is 147 Å². The molecule has 3 rings (SSSR count). The highest BCUT2D eigenvalue weighted by Gasteiger charge is 2.27. The van der Waals surface area contributed by atoms with Crippen molar-refractivity contribution in [3.8, 4) is 0 Å². The summed E-state index contributed by atoms with van der Waals surface area (Å²) in [5.41, 5.74) is 2.60. The SMILES string of the molecule is O=S(=O)(O)Nc1ccc2c(c1)CN(S(=O)(=O)Cc1ccccc1)CC2. The highest BCUT2D eigenvalue weighted by Crippen LogP contribution is 2.26. The number of fused-ring (bicyclic) bond motifs is 1. The van der Waals surface area contributed by atoms with Gasteiger partial charge in [-0.3, -0.25) is 9.27 Å². The molecule has 0 spiro atoms. The molecule has 2 aromatic rings. The maximum absolute atomic E-state index is 12.7. The van der Waals surface area contributed by atoms with Crippen LogP contribution in [-0.2, 0) is 39.0 Å². The minimum atomic E-state index is -4.37. The topological polar surface area (TPSA) is 104 Å². The van der Waals surface area contributed by atoms with E-state index in [-0.39, 0.29) is 18.0 Å². The highest BCUT2D eigenvalue weighted by molar-refractivity contribution is 7.88. The Morgan fingerprint density at radius 2 is 1.72 bits per heavy atom. The summed E-state index contributed by atoms with van der Waals surface area (Å²) >= 11 is 0. The first-order valence-corrected chi connectivity index (χ1v) is 10.7. The lowest BCUT2D eigenvalue weighted by atomic mass is 10.0. The van der Waals surface area contributed by atoms with Crippen molar-refractivity contribution in [1.82, 2.24) is 4.31 Å². The number of nitrogens with zero attached hydrogens (tertiary/aromatic N) is 1. The molecule has 0 aliphatic carbocycles. The Balaban J connectivity index is 1.81. The first-order chi connectivity index (χ1) is 11.7. The fourth-order valence-corrected chi connectivity index (χ4v) is 4.78. The highest BCUT2D eigenvalue weighted by atomic mass is 32.2. The molecule has 0 radical (unpaired) electrons. The molecule has 0 bridgehead atoms. The molecule has 2 N–H and O–H groups in total. The van der Waals surface area contributed by atoms with E-state index >= 15 is 0 Å². The minimum absolute atomic E-state index is 0.0772. The van der Waals surface area contributed by atoms with Crippen LogP contribution in [0.2, 0.25) is 0 Å². The zero-order valence-electron chi connectivity index (χ0n) is 13.3. The van der Waals surface area contributed by atoms with Crippen molar-refractivity contribution in [2.24, 2.45) is 0 Å². The number of anilines is 1. The molecule has 7 nitrogen and oxygen atoms in total. The van der Waals surface area contributed by atoms with Crippen LogP contribution in [0.5, 0.6) is 0 Å².